The Bertz CT molecular complexity index is 560. The van der Waals surface area contributed by atoms with Crippen LogP contribution in [0.3, 0.4) is 0 Å². The van der Waals surface area contributed by atoms with Crippen molar-refractivity contribution in [3.63, 3.8) is 0 Å². The predicted molar refractivity (Wildman–Crippen MR) is 87.7 cm³/mol. The first-order valence-corrected chi connectivity index (χ1v) is 7.83. The van der Waals surface area contributed by atoms with Gasteiger partial charge < -0.3 is 24.8 Å². The summed E-state index contributed by atoms with van der Waals surface area (Å²) in [5.41, 5.74) is 0.676. The second kappa shape index (κ2) is 7.08. The van der Waals surface area contributed by atoms with Gasteiger partial charge in [-0.05, 0) is 44.4 Å². The SMILES string of the molecule is COc1cc(CNC(=O)N(C)[C@H]2CCOC(C)(C)C2)ccc1O. The fraction of sp³-hybridized carbons (Fsp3) is 0.588. The smallest absolute Gasteiger partial charge is 0.317 e. The fourth-order valence-electron chi connectivity index (χ4n) is 2.83. The number of phenols is 1. The zero-order chi connectivity index (χ0) is 17.0. The first kappa shape index (κ1) is 17.4. The Morgan fingerprint density at radius 2 is 2.26 bits per heavy atom. The standard InChI is InChI=1S/C17H26N2O4/c1-17(2)10-13(7-8-23-17)19(3)16(21)18-11-12-5-6-14(20)15(9-12)22-4/h5-6,9,13,20H,7-8,10-11H2,1-4H3,(H,18,21)/t13-/m0/s1. The maximum Gasteiger partial charge on any atom is 0.317 e. The Hall–Kier alpha value is -1.95. The summed E-state index contributed by atoms with van der Waals surface area (Å²) in [5, 5.41) is 12.5. The van der Waals surface area contributed by atoms with E-state index >= 15 is 0 Å². The third-order valence-electron chi connectivity index (χ3n) is 4.23. The van der Waals surface area contributed by atoms with Gasteiger partial charge in [0.15, 0.2) is 11.5 Å². The zero-order valence-corrected chi connectivity index (χ0v) is 14.3. The lowest BCUT2D eigenvalue weighted by molar-refractivity contribution is -0.0744. The van der Waals surface area contributed by atoms with Gasteiger partial charge in [-0.1, -0.05) is 6.07 Å². The van der Waals surface area contributed by atoms with Crippen LogP contribution < -0.4 is 10.1 Å². The molecule has 0 aliphatic carbocycles. The Morgan fingerprint density at radius 1 is 1.52 bits per heavy atom. The van der Waals surface area contributed by atoms with Crippen LogP contribution >= 0.6 is 0 Å². The van der Waals surface area contributed by atoms with E-state index in [1.54, 1.807) is 23.1 Å². The van der Waals surface area contributed by atoms with Crippen molar-refractivity contribution < 1.29 is 19.4 Å². The van der Waals surface area contributed by atoms with Crippen molar-refractivity contribution >= 4 is 6.03 Å². The number of carbonyl (C=O) groups excluding carboxylic acids is 1. The van der Waals surface area contributed by atoms with Crippen LogP contribution in [0.4, 0.5) is 4.79 Å². The Kier molecular flexibility index (Phi) is 5.36. The van der Waals surface area contributed by atoms with Gasteiger partial charge in [0.05, 0.1) is 12.7 Å². The van der Waals surface area contributed by atoms with Crippen LogP contribution in [0.5, 0.6) is 11.5 Å². The summed E-state index contributed by atoms with van der Waals surface area (Å²) in [5.74, 6) is 0.486. The molecule has 1 aliphatic rings. The van der Waals surface area contributed by atoms with Gasteiger partial charge in [0.1, 0.15) is 0 Å². The number of hydrogen-bond donors (Lipinski definition) is 2. The number of urea groups is 1. The number of aromatic hydroxyl groups is 1. The second-order valence-electron chi connectivity index (χ2n) is 6.53. The van der Waals surface area contributed by atoms with Gasteiger partial charge >= 0.3 is 6.03 Å². The van der Waals surface area contributed by atoms with Crippen LogP contribution in [0.25, 0.3) is 0 Å². The molecule has 1 aromatic rings. The third kappa shape index (κ3) is 4.51. The molecule has 128 valence electrons. The van der Waals surface area contributed by atoms with Gasteiger partial charge in [0.2, 0.25) is 0 Å². The minimum absolute atomic E-state index is 0.0872. The van der Waals surface area contributed by atoms with Crippen LogP contribution in [0, 0.1) is 0 Å². The molecular formula is C17H26N2O4. The number of nitrogens with zero attached hydrogens (tertiary/aromatic N) is 1. The summed E-state index contributed by atoms with van der Waals surface area (Å²) in [6, 6.07) is 5.10. The van der Waals surface area contributed by atoms with Crippen molar-refractivity contribution in [2.45, 2.75) is 44.9 Å². The van der Waals surface area contributed by atoms with Crippen molar-refractivity contribution in [2.75, 3.05) is 20.8 Å². The van der Waals surface area contributed by atoms with Crippen molar-refractivity contribution in [3.05, 3.63) is 23.8 Å². The van der Waals surface area contributed by atoms with E-state index in [-0.39, 0.29) is 23.4 Å². The largest absolute Gasteiger partial charge is 0.504 e. The van der Waals surface area contributed by atoms with Crippen LogP contribution in [-0.2, 0) is 11.3 Å². The van der Waals surface area contributed by atoms with E-state index in [2.05, 4.69) is 5.32 Å². The van der Waals surface area contributed by atoms with Crippen LogP contribution in [0.15, 0.2) is 18.2 Å². The lowest BCUT2D eigenvalue weighted by Gasteiger charge is -2.39. The van der Waals surface area contributed by atoms with Crippen molar-refractivity contribution in [2.24, 2.45) is 0 Å². The molecule has 6 heteroatoms. The normalized spacial score (nSPS) is 19.9. The number of carbonyl (C=O) groups is 1. The number of amides is 2. The molecule has 1 aromatic carbocycles. The minimum Gasteiger partial charge on any atom is -0.504 e. The fourth-order valence-corrected chi connectivity index (χ4v) is 2.83. The number of phenolic OH excluding ortho intramolecular Hbond substituents is 1. The van der Waals surface area contributed by atoms with Crippen molar-refractivity contribution in [3.8, 4) is 11.5 Å². The molecule has 1 aliphatic heterocycles. The van der Waals surface area contributed by atoms with Crippen LogP contribution in [0.2, 0.25) is 0 Å². The van der Waals surface area contributed by atoms with Gasteiger partial charge in [-0.15, -0.1) is 0 Å². The van der Waals surface area contributed by atoms with E-state index in [1.807, 2.05) is 20.9 Å². The average molecular weight is 322 g/mol. The maximum atomic E-state index is 12.3. The van der Waals surface area contributed by atoms with E-state index in [0.29, 0.717) is 18.9 Å². The number of rotatable bonds is 4. The second-order valence-corrected chi connectivity index (χ2v) is 6.53. The molecule has 1 saturated heterocycles. The molecule has 2 rings (SSSR count). The molecule has 0 aromatic heterocycles. The van der Waals surface area contributed by atoms with Gasteiger partial charge in [-0.2, -0.15) is 0 Å². The summed E-state index contributed by atoms with van der Waals surface area (Å²) < 4.78 is 10.8. The minimum atomic E-state index is -0.193. The average Bonchev–Trinajstić information content (AvgIpc) is 2.52. The third-order valence-corrected chi connectivity index (χ3v) is 4.23. The molecule has 0 spiro atoms. The molecule has 1 fully saturated rings. The zero-order valence-electron chi connectivity index (χ0n) is 14.3. The molecule has 0 saturated carbocycles. The highest BCUT2D eigenvalue weighted by atomic mass is 16.5. The van der Waals surface area contributed by atoms with Crippen molar-refractivity contribution in [1.29, 1.82) is 0 Å². The maximum absolute atomic E-state index is 12.3. The lowest BCUT2D eigenvalue weighted by Crippen LogP contribution is -2.49. The summed E-state index contributed by atoms with van der Waals surface area (Å²) in [4.78, 5) is 14.1. The highest BCUT2D eigenvalue weighted by molar-refractivity contribution is 5.74. The van der Waals surface area contributed by atoms with Crippen molar-refractivity contribution in [1.82, 2.24) is 10.2 Å². The Morgan fingerprint density at radius 3 is 2.91 bits per heavy atom. The molecule has 0 radical (unpaired) electrons. The van der Waals surface area contributed by atoms with E-state index in [0.717, 1.165) is 18.4 Å². The highest BCUT2D eigenvalue weighted by Crippen LogP contribution is 2.27. The molecule has 6 nitrogen and oxygen atoms in total. The lowest BCUT2D eigenvalue weighted by atomic mass is 9.93. The van der Waals surface area contributed by atoms with E-state index in [4.69, 9.17) is 9.47 Å². The Balaban J connectivity index is 1.91. The summed E-state index contributed by atoms with van der Waals surface area (Å²) >= 11 is 0. The van der Waals surface area contributed by atoms with Crippen LogP contribution in [0.1, 0.15) is 32.3 Å². The monoisotopic (exact) mass is 322 g/mol. The number of ether oxygens (including phenoxy) is 2. The van der Waals surface area contributed by atoms with E-state index in [1.165, 1.54) is 7.11 Å². The molecule has 0 unspecified atom stereocenters. The first-order chi connectivity index (χ1) is 10.8. The molecular weight excluding hydrogens is 296 g/mol. The molecule has 1 atom stereocenters. The van der Waals surface area contributed by atoms with E-state index in [9.17, 15) is 9.90 Å². The predicted octanol–water partition coefficient (Wildman–Crippen LogP) is 2.50. The molecule has 1 heterocycles. The quantitative estimate of drug-likeness (QED) is 0.893. The molecule has 2 amide bonds. The molecule has 2 N–H and O–H groups in total. The number of benzene rings is 1. The summed E-state index contributed by atoms with van der Waals surface area (Å²) in [6.45, 7) is 5.15. The first-order valence-electron chi connectivity index (χ1n) is 7.83. The van der Waals surface area contributed by atoms with E-state index < -0.39 is 0 Å². The molecule has 0 bridgehead atoms. The van der Waals surface area contributed by atoms with Gasteiger partial charge in [-0.25, -0.2) is 4.79 Å². The summed E-state index contributed by atoms with van der Waals surface area (Å²) in [7, 11) is 3.32. The topological polar surface area (TPSA) is 71.0 Å². The number of nitrogens with one attached hydrogen (secondary N) is 1. The Labute approximate surface area is 137 Å². The van der Waals surface area contributed by atoms with Gasteiger partial charge in [-0.3, -0.25) is 0 Å². The van der Waals surface area contributed by atoms with Gasteiger partial charge in [0, 0.05) is 26.2 Å². The number of hydrogen-bond acceptors (Lipinski definition) is 4. The highest BCUT2D eigenvalue weighted by Gasteiger charge is 2.32. The van der Waals surface area contributed by atoms with Crippen LogP contribution in [-0.4, -0.2) is 48.4 Å². The summed E-state index contributed by atoms with van der Waals surface area (Å²) in [6.07, 6.45) is 1.67. The van der Waals surface area contributed by atoms with Gasteiger partial charge in [0.25, 0.3) is 0 Å². The molecule has 23 heavy (non-hydrogen) atoms. The number of methoxy groups -OCH3 is 1.